The summed E-state index contributed by atoms with van der Waals surface area (Å²) in [5.41, 5.74) is 1.40. The molecule has 1 aromatic carbocycles. The Morgan fingerprint density at radius 1 is 1.25 bits per heavy atom. The summed E-state index contributed by atoms with van der Waals surface area (Å²) in [7, 11) is 1.64. The van der Waals surface area contributed by atoms with E-state index in [2.05, 4.69) is 10.00 Å². The van der Waals surface area contributed by atoms with E-state index < -0.39 is 0 Å². The largest absolute Gasteiger partial charge is 0.494 e. The summed E-state index contributed by atoms with van der Waals surface area (Å²) in [6, 6.07) is 5.72. The van der Waals surface area contributed by atoms with E-state index in [0.29, 0.717) is 5.69 Å². The van der Waals surface area contributed by atoms with Crippen molar-refractivity contribution in [3.63, 3.8) is 0 Å². The SMILES string of the molecule is CC.COc1cccc2c(C(C)=O)nn(CCN3CCOCC3)c12. The number of benzene rings is 1. The molecule has 0 radical (unpaired) electrons. The molecule has 0 spiro atoms. The van der Waals surface area contributed by atoms with Gasteiger partial charge in [-0.05, 0) is 6.07 Å². The molecule has 1 saturated heterocycles. The van der Waals surface area contributed by atoms with Crippen LogP contribution in [0.4, 0.5) is 0 Å². The van der Waals surface area contributed by atoms with E-state index in [4.69, 9.17) is 9.47 Å². The number of carbonyl (C=O) groups excluding carboxylic acids is 1. The molecule has 1 fully saturated rings. The van der Waals surface area contributed by atoms with Crippen LogP contribution in [-0.4, -0.2) is 60.4 Å². The van der Waals surface area contributed by atoms with Gasteiger partial charge in [-0.2, -0.15) is 5.10 Å². The highest BCUT2D eigenvalue weighted by Gasteiger charge is 2.18. The minimum absolute atomic E-state index is 0.0247. The van der Waals surface area contributed by atoms with Gasteiger partial charge in [0.05, 0.1) is 26.9 Å². The third kappa shape index (κ3) is 3.94. The molecule has 3 rings (SSSR count). The molecule has 6 heteroatoms. The number of rotatable bonds is 5. The Morgan fingerprint density at radius 3 is 2.58 bits per heavy atom. The van der Waals surface area contributed by atoms with Gasteiger partial charge in [-0.3, -0.25) is 14.4 Å². The van der Waals surface area contributed by atoms with Gasteiger partial charge in [0.2, 0.25) is 0 Å². The second-order valence-corrected chi connectivity index (χ2v) is 5.44. The molecular weight excluding hydrogens is 306 g/mol. The first-order chi connectivity index (χ1) is 11.7. The highest BCUT2D eigenvalue weighted by molar-refractivity contribution is 6.06. The molecule has 6 nitrogen and oxygen atoms in total. The number of aromatic nitrogens is 2. The zero-order valence-electron chi connectivity index (χ0n) is 15.0. The number of carbonyl (C=O) groups is 1. The molecule has 2 heterocycles. The first-order valence-electron chi connectivity index (χ1n) is 8.55. The maximum Gasteiger partial charge on any atom is 0.180 e. The van der Waals surface area contributed by atoms with Crippen LogP contribution in [0.3, 0.4) is 0 Å². The van der Waals surface area contributed by atoms with Crippen molar-refractivity contribution in [3.8, 4) is 5.75 Å². The second kappa shape index (κ2) is 8.80. The van der Waals surface area contributed by atoms with Gasteiger partial charge < -0.3 is 9.47 Å². The van der Waals surface area contributed by atoms with Crippen molar-refractivity contribution in [2.45, 2.75) is 27.3 Å². The molecule has 2 aromatic rings. The Hall–Kier alpha value is -1.92. The maximum atomic E-state index is 11.8. The summed E-state index contributed by atoms with van der Waals surface area (Å²) in [6.45, 7) is 10.6. The van der Waals surface area contributed by atoms with E-state index >= 15 is 0 Å². The molecule has 0 amide bonds. The van der Waals surface area contributed by atoms with E-state index in [1.807, 2.05) is 36.7 Å². The fourth-order valence-electron chi connectivity index (χ4n) is 2.85. The van der Waals surface area contributed by atoms with Crippen LogP contribution >= 0.6 is 0 Å². The fraction of sp³-hybridized carbons (Fsp3) is 0.556. The minimum atomic E-state index is -0.0247. The van der Waals surface area contributed by atoms with Crippen molar-refractivity contribution in [2.75, 3.05) is 40.0 Å². The van der Waals surface area contributed by atoms with Crippen molar-refractivity contribution in [2.24, 2.45) is 0 Å². The molecular formula is C18H27N3O3. The van der Waals surface area contributed by atoms with Crippen molar-refractivity contribution in [1.29, 1.82) is 0 Å². The van der Waals surface area contributed by atoms with Gasteiger partial charge in [0.1, 0.15) is 17.0 Å². The molecule has 0 bridgehead atoms. The Bertz CT molecular complexity index is 675. The molecule has 132 valence electrons. The summed E-state index contributed by atoms with van der Waals surface area (Å²) in [5.74, 6) is 0.725. The van der Waals surface area contributed by atoms with Crippen molar-refractivity contribution < 1.29 is 14.3 Å². The molecule has 0 aliphatic carbocycles. The number of morpholine rings is 1. The van der Waals surface area contributed by atoms with Gasteiger partial charge in [0.25, 0.3) is 0 Å². The number of hydrogen-bond donors (Lipinski definition) is 0. The first kappa shape index (κ1) is 18.4. The lowest BCUT2D eigenvalue weighted by Gasteiger charge is -2.26. The Balaban J connectivity index is 0.00000100. The van der Waals surface area contributed by atoms with Crippen LogP contribution in [0.1, 0.15) is 31.3 Å². The lowest BCUT2D eigenvalue weighted by molar-refractivity contribution is 0.0361. The number of ketones is 1. The highest BCUT2D eigenvalue weighted by atomic mass is 16.5. The van der Waals surface area contributed by atoms with Crippen LogP contribution in [-0.2, 0) is 11.3 Å². The van der Waals surface area contributed by atoms with Gasteiger partial charge in [0.15, 0.2) is 5.78 Å². The monoisotopic (exact) mass is 333 g/mol. The fourth-order valence-corrected chi connectivity index (χ4v) is 2.85. The van der Waals surface area contributed by atoms with E-state index in [9.17, 15) is 4.79 Å². The third-order valence-corrected chi connectivity index (χ3v) is 4.02. The highest BCUT2D eigenvalue weighted by Crippen LogP contribution is 2.28. The van der Waals surface area contributed by atoms with Gasteiger partial charge >= 0.3 is 0 Å². The van der Waals surface area contributed by atoms with Crippen LogP contribution in [0.2, 0.25) is 0 Å². The van der Waals surface area contributed by atoms with Crippen molar-refractivity contribution in [3.05, 3.63) is 23.9 Å². The molecule has 24 heavy (non-hydrogen) atoms. The number of ether oxygens (including phenoxy) is 2. The molecule has 1 aromatic heterocycles. The predicted molar refractivity (Wildman–Crippen MR) is 94.9 cm³/mol. The number of fused-ring (bicyclic) bond motifs is 1. The van der Waals surface area contributed by atoms with E-state index in [0.717, 1.165) is 56.0 Å². The second-order valence-electron chi connectivity index (χ2n) is 5.44. The van der Waals surface area contributed by atoms with Gasteiger partial charge in [-0.15, -0.1) is 0 Å². The van der Waals surface area contributed by atoms with Crippen LogP contribution in [0.5, 0.6) is 5.75 Å². The first-order valence-corrected chi connectivity index (χ1v) is 8.55. The number of Topliss-reactive ketones (excluding diaryl/α,β-unsaturated/α-hetero) is 1. The summed E-state index contributed by atoms with van der Waals surface area (Å²) >= 11 is 0. The average Bonchev–Trinajstić information content (AvgIpc) is 3.02. The van der Waals surface area contributed by atoms with Crippen LogP contribution in [0.25, 0.3) is 10.9 Å². The van der Waals surface area contributed by atoms with E-state index in [1.54, 1.807) is 14.0 Å². The van der Waals surface area contributed by atoms with Gasteiger partial charge in [-0.25, -0.2) is 0 Å². The zero-order chi connectivity index (χ0) is 17.5. The average molecular weight is 333 g/mol. The van der Waals surface area contributed by atoms with Crippen LogP contribution in [0.15, 0.2) is 18.2 Å². The van der Waals surface area contributed by atoms with Crippen LogP contribution in [0, 0.1) is 0 Å². The number of para-hydroxylation sites is 1. The topological polar surface area (TPSA) is 56.6 Å². The summed E-state index contributed by atoms with van der Waals surface area (Å²) in [5, 5.41) is 5.37. The summed E-state index contributed by atoms with van der Waals surface area (Å²) < 4.78 is 12.7. The molecule has 0 saturated carbocycles. The lowest BCUT2D eigenvalue weighted by Crippen LogP contribution is -2.38. The van der Waals surface area contributed by atoms with Crippen LogP contribution < -0.4 is 4.74 Å². The van der Waals surface area contributed by atoms with Crippen molar-refractivity contribution in [1.82, 2.24) is 14.7 Å². The Labute approximate surface area is 143 Å². The van der Waals surface area contributed by atoms with Gasteiger partial charge in [0, 0.05) is 31.9 Å². The smallest absolute Gasteiger partial charge is 0.180 e. The molecule has 0 unspecified atom stereocenters. The predicted octanol–water partition coefficient (Wildman–Crippen LogP) is 2.61. The Morgan fingerprint density at radius 2 is 1.96 bits per heavy atom. The molecule has 0 atom stereocenters. The maximum absolute atomic E-state index is 11.8. The van der Waals surface area contributed by atoms with E-state index in [-0.39, 0.29) is 5.78 Å². The number of nitrogens with zero attached hydrogens (tertiary/aromatic N) is 3. The Kier molecular flexibility index (Phi) is 6.75. The summed E-state index contributed by atoms with van der Waals surface area (Å²) in [6.07, 6.45) is 0. The normalized spacial score (nSPS) is 15.0. The number of hydrogen-bond acceptors (Lipinski definition) is 5. The lowest BCUT2D eigenvalue weighted by atomic mass is 10.1. The molecule has 1 aliphatic heterocycles. The van der Waals surface area contributed by atoms with Gasteiger partial charge in [-0.1, -0.05) is 26.0 Å². The zero-order valence-corrected chi connectivity index (χ0v) is 15.0. The van der Waals surface area contributed by atoms with Crippen molar-refractivity contribution >= 4 is 16.7 Å². The molecule has 1 aliphatic rings. The number of methoxy groups -OCH3 is 1. The van der Waals surface area contributed by atoms with E-state index in [1.165, 1.54) is 0 Å². The third-order valence-electron chi connectivity index (χ3n) is 4.02. The minimum Gasteiger partial charge on any atom is -0.494 e. The molecule has 0 N–H and O–H groups in total. The summed E-state index contributed by atoms with van der Waals surface area (Å²) in [4.78, 5) is 14.2. The quantitative estimate of drug-likeness (QED) is 0.787. The standard InChI is InChI=1S/C16H21N3O3.C2H6/c1-12(20)15-13-4-3-5-14(21-2)16(13)19(17-15)7-6-18-8-10-22-11-9-18;1-2/h3-5H,6-11H2,1-2H3;1-2H3.